The number of morpholine rings is 1. The van der Waals surface area contributed by atoms with E-state index in [0.717, 1.165) is 15.7 Å². The predicted molar refractivity (Wildman–Crippen MR) is 159 cm³/mol. The molecule has 5 heterocycles. The summed E-state index contributed by atoms with van der Waals surface area (Å²) >= 11 is 0. The number of rotatable bonds is 7. The number of hydrogen-bond donors (Lipinski definition) is 1. The van der Waals surface area contributed by atoms with E-state index in [1.807, 2.05) is 25.7 Å². The van der Waals surface area contributed by atoms with E-state index in [1.54, 1.807) is 4.90 Å². The summed E-state index contributed by atoms with van der Waals surface area (Å²) in [6, 6.07) is 0. The molecule has 45 heavy (non-hydrogen) atoms. The normalized spacial score (nSPS) is 17.2. The van der Waals surface area contributed by atoms with Crippen LogP contribution in [0.15, 0.2) is 12.4 Å². The third-order valence-corrected chi connectivity index (χ3v) is 8.50. The highest BCUT2D eigenvalue weighted by atomic mass is 32.2. The largest absolute Gasteiger partial charge is 0.465 e. The van der Waals surface area contributed by atoms with Crippen molar-refractivity contribution in [1.29, 1.82) is 0 Å². The average molecular weight is 657 g/mol. The average Bonchev–Trinajstić information content (AvgIpc) is 3.31. The Balaban J connectivity index is 1.61. The third kappa shape index (κ3) is 7.52. The lowest BCUT2D eigenvalue weighted by molar-refractivity contribution is -0.139. The molecule has 1 N–H and O–H groups in total. The number of fused-ring (bicyclic) bond motifs is 1. The molecule has 0 radical (unpaired) electrons. The van der Waals surface area contributed by atoms with E-state index in [0.29, 0.717) is 32.1 Å². The Hall–Kier alpha value is -3.84. The van der Waals surface area contributed by atoms with Crippen LogP contribution in [0.2, 0.25) is 0 Å². The van der Waals surface area contributed by atoms with Crippen molar-refractivity contribution in [2.24, 2.45) is 5.41 Å². The van der Waals surface area contributed by atoms with Crippen molar-refractivity contribution in [3.63, 3.8) is 0 Å². The Morgan fingerprint density at radius 1 is 0.978 bits per heavy atom. The number of halogens is 3. The smallest absolute Gasteiger partial charge is 0.414 e. The molecule has 2 aliphatic heterocycles. The van der Waals surface area contributed by atoms with Crippen LogP contribution >= 0.6 is 0 Å². The molecular formula is C26H35F3N10O5S. The van der Waals surface area contributed by atoms with Crippen molar-refractivity contribution >= 4 is 45.0 Å². The standard InChI is InChI=1S/C26H35F3N10O5S/c1-25(2,3)15-39(24(40)41)22-30-13-17(14-31-22)19-33-20(35-9-11-44-12-10-35)18-21(34-19)38(16-26(27,28)29)23(32-18)36-5-7-37(8-6-36)45(4,42)43/h13-14H,5-12,15-16H2,1-4H3,(H,40,41). The number of alkyl halides is 3. The van der Waals surface area contributed by atoms with Crippen LogP contribution in [0.1, 0.15) is 20.8 Å². The lowest BCUT2D eigenvalue weighted by Gasteiger charge is -2.34. The molecule has 5 rings (SSSR count). The number of ether oxygens (including phenoxy) is 1. The van der Waals surface area contributed by atoms with Crippen LogP contribution in [0.25, 0.3) is 22.6 Å². The van der Waals surface area contributed by atoms with Crippen molar-refractivity contribution in [2.75, 3.05) is 80.0 Å². The zero-order chi connectivity index (χ0) is 32.7. The van der Waals surface area contributed by atoms with Crippen molar-refractivity contribution < 1.29 is 36.2 Å². The van der Waals surface area contributed by atoms with Gasteiger partial charge < -0.3 is 19.6 Å². The molecule has 1 amide bonds. The zero-order valence-electron chi connectivity index (χ0n) is 25.3. The molecule has 0 aliphatic carbocycles. The number of anilines is 3. The monoisotopic (exact) mass is 656 g/mol. The summed E-state index contributed by atoms with van der Waals surface area (Å²) in [5.41, 5.74) is -0.0268. The van der Waals surface area contributed by atoms with Gasteiger partial charge in [0.25, 0.3) is 0 Å². The SMILES string of the molecule is CC(C)(C)CN(C(=O)O)c1ncc(-c2nc(N3CCOCC3)c3nc(N4CCN(S(C)(=O)=O)CC4)n(CC(F)(F)F)c3n2)cn1. The van der Waals surface area contributed by atoms with Crippen LogP contribution in [0.4, 0.5) is 35.7 Å². The molecule has 0 bridgehead atoms. The lowest BCUT2D eigenvalue weighted by Crippen LogP contribution is -2.49. The predicted octanol–water partition coefficient (Wildman–Crippen LogP) is 2.29. The topological polar surface area (TPSA) is 163 Å². The number of carboxylic acid groups (broad SMARTS) is 1. The van der Waals surface area contributed by atoms with Gasteiger partial charge >= 0.3 is 12.3 Å². The Kier molecular flexibility index (Phi) is 8.80. The molecule has 3 aromatic rings. The number of aromatic nitrogens is 6. The molecule has 3 aromatic heterocycles. The minimum atomic E-state index is -4.63. The first kappa shape index (κ1) is 32.6. The van der Waals surface area contributed by atoms with E-state index in [4.69, 9.17) is 9.72 Å². The molecule has 0 aromatic carbocycles. The van der Waals surface area contributed by atoms with Gasteiger partial charge in [-0.15, -0.1) is 0 Å². The van der Waals surface area contributed by atoms with Crippen LogP contribution in [0.3, 0.4) is 0 Å². The van der Waals surface area contributed by atoms with Gasteiger partial charge in [0.1, 0.15) is 6.54 Å². The summed E-state index contributed by atoms with van der Waals surface area (Å²) in [7, 11) is -3.46. The number of amides is 1. The fourth-order valence-corrected chi connectivity index (χ4v) is 5.99. The fourth-order valence-electron chi connectivity index (χ4n) is 5.16. The van der Waals surface area contributed by atoms with Gasteiger partial charge in [0.15, 0.2) is 22.8 Å². The zero-order valence-corrected chi connectivity index (χ0v) is 26.1. The van der Waals surface area contributed by atoms with Crippen LogP contribution in [0.5, 0.6) is 0 Å². The first-order valence-electron chi connectivity index (χ1n) is 14.2. The highest BCUT2D eigenvalue weighted by molar-refractivity contribution is 7.88. The summed E-state index contributed by atoms with van der Waals surface area (Å²) in [4.78, 5) is 38.7. The van der Waals surface area contributed by atoms with Gasteiger partial charge in [-0.3, -0.25) is 4.57 Å². The summed E-state index contributed by atoms with van der Waals surface area (Å²) in [6.07, 6.45) is -2.10. The van der Waals surface area contributed by atoms with E-state index in [1.165, 1.54) is 16.7 Å². The van der Waals surface area contributed by atoms with E-state index in [2.05, 4.69) is 19.9 Å². The number of carbonyl (C=O) groups is 1. The maximum Gasteiger partial charge on any atom is 0.414 e. The minimum absolute atomic E-state index is 0.00214. The van der Waals surface area contributed by atoms with Crippen molar-refractivity contribution in [2.45, 2.75) is 33.5 Å². The quantitative estimate of drug-likeness (QED) is 0.396. The molecule has 0 atom stereocenters. The summed E-state index contributed by atoms with van der Waals surface area (Å²) in [6.45, 7) is 6.38. The molecule has 0 saturated carbocycles. The summed E-state index contributed by atoms with van der Waals surface area (Å²) < 4.78 is 73.8. The molecule has 19 heteroatoms. The van der Waals surface area contributed by atoms with Gasteiger partial charge in [-0.25, -0.2) is 43.0 Å². The molecule has 2 fully saturated rings. The van der Waals surface area contributed by atoms with E-state index in [-0.39, 0.29) is 72.6 Å². The molecule has 15 nitrogen and oxygen atoms in total. The van der Waals surface area contributed by atoms with Crippen LogP contribution in [-0.2, 0) is 21.3 Å². The van der Waals surface area contributed by atoms with Crippen molar-refractivity contribution in [1.82, 2.24) is 33.8 Å². The number of hydrogen-bond acceptors (Lipinski definition) is 11. The van der Waals surface area contributed by atoms with Gasteiger partial charge in [-0.1, -0.05) is 20.8 Å². The Labute approximate surface area is 257 Å². The molecule has 246 valence electrons. The summed E-state index contributed by atoms with van der Waals surface area (Å²) in [5.74, 6) is 0.278. The van der Waals surface area contributed by atoms with E-state index in [9.17, 15) is 31.5 Å². The molecule has 2 aliphatic rings. The van der Waals surface area contributed by atoms with E-state index >= 15 is 0 Å². The number of piperazine rings is 1. The minimum Gasteiger partial charge on any atom is -0.465 e. The maximum atomic E-state index is 14.0. The Bertz CT molecular complexity index is 1650. The third-order valence-electron chi connectivity index (χ3n) is 7.20. The van der Waals surface area contributed by atoms with Gasteiger partial charge in [-0.2, -0.15) is 17.5 Å². The second-order valence-corrected chi connectivity index (χ2v) is 14.1. The first-order valence-corrected chi connectivity index (χ1v) is 16.1. The number of imidazole rings is 1. The van der Waals surface area contributed by atoms with Gasteiger partial charge in [0.2, 0.25) is 21.9 Å². The first-order chi connectivity index (χ1) is 21.0. The van der Waals surface area contributed by atoms with Gasteiger partial charge in [0, 0.05) is 58.2 Å². The lowest BCUT2D eigenvalue weighted by atomic mass is 9.96. The molecule has 0 unspecified atom stereocenters. The van der Waals surface area contributed by atoms with E-state index < -0.39 is 28.8 Å². The van der Waals surface area contributed by atoms with Gasteiger partial charge in [-0.05, 0) is 5.41 Å². The number of sulfonamides is 1. The van der Waals surface area contributed by atoms with Crippen molar-refractivity contribution in [3.05, 3.63) is 12.4 Å². The van der Waals surface area contributed by atoms with Crippen molar-refractivity contribution in [3.8, 4) is 11.4 Å². The second-order valence-electron chi connectivity index (χ2n) is 12.1. The maximum absolute atomic E-state index is 14.0. The molecular weight excluding hydrogens is 621 g/mol. The fraction of sp³-hybridized carbons (Fsp3) is 0.615. The highest BCUT2D eigenvalue weighted by Gasteiger charge is 2.35. The summed E-state index contributed by atoms with van der Waals surface area (Å²) in [5, 5.41) is 9.73. The molecule has 0 spiro atoms. The Morgan fingerprint density at radius 2 is 1.60 bits per heavy atom. The van der Waals surface area contributed by atoms with Gasteiger partial charge in [0.05, 0.1) is 25.0 Å². The Morgan fingerprint density at radius 3 is 2.13 bits per heavy atom. The van der Waals surface area contributed by atoms with Crippen LogP contribution < -0.4 is 14.7 Å². The second kappa shape index (κ2) is 12.2. The van der Waals surface area contributed by atoms with Crippen LogP contribution in [-0.4, -0.2) is 125 Å². The molecule has 2 saturated heterocycles. The number of nitrogens with zero attached hydrogens (tertiary/aromatic N) is 10. The van der Waals surface area contributed by atoms with Crippen LogP contribution in [0, 0.1) is 5.41 Å². The highest BCUT2D eigenvalue weighted by Crippen LogP contribution is 2.34.